The molecular formula is C18H26N2O4S. The Kier molecular flexibility index (Phi) is 5.46. The van der Waals surface area contributed by atoms with Crippen LogP contribution in [0.15, 0.2) is 29.2 Å². The van der Waals surface area contributed by atoms with Crippen molar-refractivity contribution in [1.29, 1.82) is 0 Å². The summed E-state index contributed by atoms with van der Waals surface area (Å²) in [7, 11) is -3.66. The van der Waals surface area contributed by atoms with Gasteiger partial charge in [0.15, 0.2) is 0 Å². The van der Waals surface area contributed by atoms with Crippen LogP contribution in [-0.2, 0) is 19.6 Å². The van der Waals surface area contributed by atoms with Crippen LogP contribution in [0.4, 0.5) is 0 Å². The van der Waals surface area contributed by atoms with Crippen molar-refractivity contribution in [1.82, 2.24) is 9.62 Å². The molecule has 2 fully saturated rings. The first-order valence-corrected chi connectivity index (χ1v) is 10.3. The Hall–Kier alpha value is -1.44. The third kappa shape index (κ3) is 3.88. The minimum Gasteiger partial charge on any atom is -0.376 e. The molecule has 3 rings (SSSR count). The summed E-state index contributed by atoms with van der Waals surface area (Å²) < 4.78 is 32.8. The maximum Gasteiger partial charge on any atom is 0.243 e. The molecule has 0 radical (unpaired) electrons. The van der Waals surface area contributed by atoms with E-state index in [1.807, 2.05) is 13.8 Å². The van der Waals surface area contributed by atoms with Crippen molar-refractivity contribution in [2.45, 2.75) is 62.6 Å². The number of hydrogen-bond donors (Lipinski definition) is 1. The summed E-state index contributed by atoms with van der Waals surface area (Å²) >= 11 is 0. The number of aryl methyl sites for hydroxylation is 1. The molecule has 1 N–H and O–H groups in total. The van der Waals surface area contributed by atoms with Crippen LogP contribution in [-0.4, -0.2) is 50.0 Å². The van der Waals surface area contributed by atoms with Crippen LogP contribution >= 0.6 is 0 Å². The Balaban J connectivity index is 1.73. The summed E-state index contributed by atoms with van der Waals surface area (Å²) in [6, 6.07) is 6.00. The minimum atomic E-state index is -3.66. The number of nitrogens with zero attached hydrogens (tertiary/aromatic N) is 1. The van der Waals surface area contributed by atoms with Crippen LogP contribution in [0.25, 0.3) is 0 Å². The number of carbonyl (C=O) groups excluding carboxylic acids is 1. The van der Waals surface area contributed by atoms with Gasteiger partial charge in [0.05, 0.1) is 17.0 Å². The van der Waals surface area contributed by atoms with Crippen molar-refractivity contribution in [3.05, 3.63) is 29.8 Å². The molecule has 2 unspecified atom stereocenters. The number of carbonyl (C=O) groups is 1. The highest BCUT2D eigenvalue weighted by molar-refractivity contribution is 7.89. The van der Waals surface area contributed by atoms with E-state index in [0.29, 0.717) is 19.4 Å². The monoisotopic (exact) mass is 366 g/mol. The summed E-state index contributed by atoms with van der Waals surface area (Å²) in [5.74, 6) is -0.226. The molecule has 25 heavy (non-hydrogen) atoms. The van der Waals surface area contributed by atoms with Gasteiger partial charge in [-0.3, -0.25) is 4.79 Å². The lowest BCUT2D eigenvalue weighted by atomic mass is 10.1. The topological polar surface area (TPSA) is 75.7 Å². The van der Waals surface area contributed by atoms with Crippen molar-refractivity contribution in [3.63, 3.8) is 0 Å². The van der Waals surface area contributed by atoms with E-state index in [0.717, 1.165) is 25.0 Å². The Morgan fingerprint density at radius 3 is 2.60 bits per heavy atom. The zero-order valence-electron chi connectivity index (χ0n) is 14.8. The highest BCUT2D eigenvalue weighted by Crippen LogP contribution is 2.27. The smallest absolute Gasteiger partial charge is 0.243 e. The Morgan fingerprint density at radius 2 is 1.96 bits per heavy atom. The molecule has 0 aliphatic carbocycles. The average molecular weight is 366 g/mol. The van der Waals surface area contributed by atoms with E-state index in [-0.39, 0.29) is 22.9 Å². The molecule has 7 heteroatoms. The van der Waals surface area contributed by atoms with Gasteiger partial charge in [-0.2, -0.15) is 4.31 Å². The van der Waals surface area contributed by atoms with Crippen LogP contribution < -0.4 is 5.32 Å². The van der Waals surface area contributed by atoms with Gasteiger partial charge in [-0.15, -0.1) is 0 Å². The fourth-order valence-electron chi connectivity index (χ4n) is 3.55. The first-order valence-electron chi connectivity index (χ1n) is 8.90. The summed E-state index contributed by atoms with van der Waals surface area (Å²) in [6.45, 7) is 4.93. The van der Waals surface area contributed by atoms with E-state index in [4.69, 9.17) is 4.74 Å². The molecular weight excluding hydrogens is 340 g/mol. The summed E-state index contributed by atoms with van der Waals surface area (Å²) in [5, 5.41) is 2.96. The Labute approximate surface area is 149 Å². The normalized spacial score (nSPS) is 25.8. The lowest BCUT2D eigenvalue weighted by Crippen LogP contribution is -2.50. The number of amides is 1. The molecule has 0 saturated carbocycles. The molecule has 1 aromatic carbocycles. The van der Waals surface area contributed by atoms with E-state index in [1.54, 1.807) is 24.3 Å². The minimum absolute atomic E-state index is 0.0208. The van der Waals surface area contributed by atoms with Crippen LogP contribution in [0, 0.1) is 6.92 Å². The summed E-state index contributed by atoms with van der Waals surface area (Å²) in [4.78, 5) is 12.9. The van der Waals surface area contributed by atoms with Crippen molar-refractivity contribution in [2.75, 3.05) is 13.2 Å². The lowest BCUT2D eigenvalue weighted by Gasteiger charge is -2.26. The maximum absolute atomic E-state index is 12.9. The van der Waals surface area contributed by atoms with Crippen LogP contribution in [0.5, 0.6) is 0 Å². The summed E-state index contributed by atoms with van der Waals surface area (Å²) in [6.07, 6.45) is 3.19. The van der Waals surface area contributed by atoms with Gasteiger partial charge in [0.2, 0.25) is 15.9 Å². The highest BCUT2D eigenvalue weighted by atomic mass is 32.2. The van der Waals surface area contributed by atoms with Gasteiger partial charge in [0.25, 0.3) is 0 Å². The molecule has 3 atom stereocenters. The van der Waals surface area contributed by atoms with Gasteiger partial charge < -0.3 is 10.1 Å². The summed E-state index contributed by atoms with van der Waals surface area (Å²) in [5.41, 5.74) is 1.00. The Bertz CT molecular complexity index is 711. The van der Waals surface area contributed by atoms with E-state index in [1.165, 1.54) is 4.31 Å². The maximum atomic E-state index is 12.9. The molecule has 138 valence electrons. The van der Waals surface area contributed by atoms with E-state index < -0.39 is 16.1 Å². The first-order chi connectivity index (χ1) is 11.9. The molecule has 0 spiro atoms. The van der Waals surface area contributed by atoms with Crippen LogP contribution in [0.1, 0.15) is 38.2 Å². The third-order valence-electron chi connectivity index (χ3n) is 5.03. The number of ether oxygens (including phenoxy) is 1. The zero-order chi connectivity index (χ0) is 18.0. The van der Waals surface area contributed by atoms with Gasteiger partial charge in [-0.25, -0.2) is 8.42 Å². The van der Waals surface area contributed by atoms with E-state index >= 15 is 0 Å². The van der Waals surface area contributed by atoms with Gasteiger partial charge in [0.1, 0.15) is 6.04 Å². The standard InChI is InChI=1S/C18H26N2O4S/c1-13-7-9-15(10-8-13)25(22,23)20-11-3-5-16(20)18(21)19-14(2)17-6-4-12-24-17/h7-10,14,16-17H,3-6,11-12H2,1-2H3,(H,19,21)/t14?,16-,17?/m0/s1. The van der Waals surface area contributed by atoms with Crippen molar-refractivity contribution in [2.24, 2.45) is 0 Å². The molecule has 1 aromatic rings. The molecule has 2 aliphatic rings. The second kappa shape index (κ2) is 7.43. The zero-order valence-corrected chi connectivity index (χ0v) is 15.6. The SMILES string of the molecule is Cc1ccc(S(=O)(=O)N2CCC[C@H]2C(=O)NC(C)C2CCCO2)cc1. The van der Waals surface area contributed by atoms with Gasteiger partial charge in [0, 0.05) is 13.2 Å². The second-order valence-corrected chi connectivity index (χ2v) is 8.83. The van der Waals surface area contributed by atoms with Crippen molar-refractivity contribution in [3.8, 4) is 0 Å². The third-order valence-corrected chi connectivity index (χ3v) is 6.95. The fourth-order valence-corrected chi connectivity index (χ4v) is 5.20. The number of nitrogens with one attached hydrogen (secondary N) is 1. The highest BCUT2D eigenvalue weighted by Gasteiger charge is 2.40. The molecule has 1 amide bonds. The van der Waals surface area contributed by atoms with Gasteiger partial charge in [-0.05, 0) is 51.7 Å². The van der Waals surface area contributed by atoms with Crippen LogP contribution in [0.2, 0.25) is 0 Å². The number of rotatable bonds is 5. The molecule has 6 nitrogen and oxygen atoms in total. The number of sulfonamides is 1. The van der Waals surface area contributed by atoms with Gasteiger partial charge in [-0.1, -0.05) is 17.7 Å². The van der Waals surface area contributed by atoms with E-state index in [2.05, 4.69) is 5.32 Å². The number of hydrogen-bond acceptors (Lipinski definition) is 4. The second-order valence-electron chi connectivity index (χ2n) is 6.94. The Morgan fingerprint density at radius 1 is 1.24 bits per heavy atom. The van der Waals surface area contributed by atoms with Gasteiger partial charge >= 0.3 is 0 Å². The number of benzene rings is 1. The quantitative estimate of drug-likeness (QED) is 0.863. The molecule has 0 aromatic heterocycles. The molecule has 0 bridgehead atoms. The van der Waals surface area contributed by atoms with Crippen molar-refractivity contribution >= 4 is 15.9 Å². The predicted octanol–water partition coefficient (Wildman–Crippen LogP) is 1.83. The lowest BCUT2D eigenvalue weighted by molar-refractivity contribution is -0.125. The van der Waals surface area contributed by atoms with Crippen molar-refractivity contribution < 1.29 is 17.9 Å². The van der Waals surface area contributed by atoms with Crippen LogP contribution in [0.3, 0.4) is 0 Å². The first kappa shape index (κ1) is 18.4. The predicted molar refractivity (Wildman–Crippen MR) is 94.7 cm³/mol. The largest absolute Gasteiger partial charge is 0.376 e. The average Bonchev–Trinajstić information content (AvgIpc) is 3.27. The fraction of sp³-hybridized carbons (Fsp3) is 0.611. The molecule has 2 aliphatic heterocycles. The van der Waals surface area contributed by atoms with E-state index in [9.17, 15) is 13.2 Å². The molecule has 2 saturated heterocycles. The molecule has 2 heterocycles.